The number of pyridine rings is 1. The lowest BCUT2D eigenvalue weighted by atomic mass is 10.1. The van der Waals surface area contributed by atoms with E-state index in [2.05, 4.69) is 30.6 Å². The Labute approximate surface area is 209 Å². The molecule has 0 bridgehead atoms. The third-order valence-electron chi connectivity index (χ3n) is 5.85. The summed E-state index contributed by atoms with van der Waals surface area (Å²) in [4.78, 5) is 27.0. The van der Waals surface area contributed by atoms with Crippen LogP contribution in [0.5, 0.6) is 0 Å². The summed E-state index contributed by atoms with van der Waals surface area (Å²) in [7, 11) is -3.78. The van der Waals surface area contributed by atoms with Crippen LogP contribution in [0.3, 0.4) is 0 Å². The van der Waals surface area contributed by atoms with Crippen molar-refractivity contribution in [3.63, 3.8) is 0 Å². The number of benzene rings is 1. The lowest BCUT2D eigenvalue weighted by molar-refractivity contribution is -0.117. The van der Waals surface area contributed by atoms with Crippen LogP contribution >= 0.6 is 0 Å². The Bertz CT molecular complexity index is 1550. The third kappa shape index (κ3) is 5.10. The van der Waals surface area contributed by atoms with Crippen molar-refractivity contribution in [1.29, 1.82) is 0 Å². The zero-order valence-corrected chi connectivity index (χ0v) is 20.8. The Morgan fingerprint density at radius 1 is 1.22 bits per heavy atom. The van der Waals surface area contributed by atoms with E-state index < -0.39 is 45.6 Å². The van der Waals surface area contributed by atoms with Crippen LogP contribution in [0.2, 0.25) is 0 Å². The van der Waals surface area contributed by atoms with E-state index in [4.69, 9.17) is 4.74 Å². The molecule has 3 heterocycles. The molecule has 2 aromatic heterocycles. The molecule has 5 rings (SSSR count). The highest BCUT2D eigenvalue weighted by atomic mass is 32.2. The molecule has 0 unspecified atom stereocenters. The van der Waals surface area contributed by atoms with E-state index in [9.17, 15) is 26.4 Å². The van der Waals surface area contributed by atoms with Gasteiger partial charge in [-0.1, -0.05) is 0 Å². The Balaban J connectivity index is 1.56. The molecule has 1 amide bonds. The maximum absolute atomic E-state index is 13.3. The van der Waals surface area contributed by atoms with Gasteiger partial charge in [-0.3, -0.25) is 4.79 Å². The van der Waals surface area contributed by atoms with Gasteiger partial charge in [0.2, 0.25) is 11.8 Å². The summed E-state index contributed by atoms with van der Waals surface area (Å²) in [5, 5.41) is 5.40. The molecule has 2 aliphatic rings. The first-order valence-electron chi connectivity index (χ1n) is 11.3. The van der Waals surface area contributed by atoms with Crippen molar-refractivity contribution in [2.75, 3.05) is 23.5 Å². The van der Waals surface area contributed by atoms with Gasteiger partial charge in [0.05, 0.1) is 27.7 Å². The molecule has 1 saturated carbocycles. The minimum atomic E-state index is -3.78. The average Bonchev–Trinajstić information content (AvgIpc) is 3.20. The predicted molar refractivity (Wildman–Crippen MR) is 130 cm³/mol. The van der Waals surface area contributed by atoms with Crippen LogP contribution in [-0.4, -0.2) is 59.7 Å². The molecule has 0 spiro atoms. The number of aliphatic imine (C=N–C) groups is 1. The van der Waals surface area contributed by atoms with E-state index in [1.54, 1.807) is 6.07 Å². The number of imidazole rings is 1. The normalized spacial score (nSPS) is 20.6. The first kappa shape index (κ1) is 25.0. The number of aromatic amines is 1. The van der Waals surface area contributed by atoms with Crippen molar-refractivity contribution in [1.82, 2.24) is 15.0 Å². The van der Waals surface area contributed by atoms with Crippen LogP contribution < -0.4 is 10.6 Å². The topological polar surface area (TPSA) is 138 Å². The summed E-state index contributed by atoms with van der Waals surface area (Å²) < 4.78 is 71.0. The van der Waals surface area contributed by atoms with Crippen LogP contribution in [0.1, 0.15) is 38.1 Å². The number of sulfone groups is 1. The maximum atomic E-state index is 13.3. The zero-order chi connectivity index (χ0) is 26.7. The van der Waals surface area contributed by atoms with Crippen molar-refractivity contribution in [3.8, 4) is 0 Å². The maximum Gasteiger partial charge on any atom is 0.295 e. The summed E-state index contributed by atoms with van der Waals surface area (Å²) >= 11 is 0. The molecule has 1 fully saturated rings. The molecule has 3 aromatic rings. The van der Waals surface area contributed by atoms with E-state index in [-0.39, 0.29) is 39.7 Å². The van der Waals surface area contributed by atoms with Crippen molar-refractivity contribution < 1.29 is 31.1 Å². The van der Waals surface area contributed by atoms with Gasteiger partial charge in [0.1, 0.15) is 24.1 Å². The van der Waals surface area contributed by atoms with Crippen molar-refractivity contribution in [3.05, 3.63) is 35.7 Å². The number of anilines is 3. The number of hydrogen-bond donors (Lipinski definition) is 3. The summed E-state index contributed by atoms with van der Waals surface area (Å²) in [6.45, 7) is 4.11. The fourth-order valence-electron chi connectivity index (χ4n) is 3.87. The molecule has 0 saturated heterocycles. The quantitative estimate of drug-likeness (QED) is 0.416. The highest BCUT2D eigenvalue weighted by molar-refractivity contribution is 7.90. The number of amides is 1. The van der Waals surface area contributed by atoms with Crippen LogP contribution in [0, 0.1) is 5.92 Å². The van der Waals surface area contributed by atoms with Gasteiger partial charge < -0.3 is 20.4 Å². The van der Waals surface area contributed by atoms with Crippen molar-refractivity contribution in [2.45, 2.75) is 43.3 Å². The molecule has 0 radical (unpaired) electrons. The second-order valence-electron chi connectivity index (χ2n) is 9.65. The fourth-order valence-corrected chi connectivity index (χ4v) is 4.73. The van der Waals surface area contributed by atoms with E-state index in [0.717, 1.165) is 6.26 Å². The third-order valence-corrected chi connectivity index (χ3v) is 6.99. The number of aromatic nitrogens is 3. The minimum Gasteiger partial charge on any atom is -0.475 e. The number of halogens is 3. The Morgan fingerprint density at radius 3 is 2.54 bits per heavy atom. The number of carbonyl (C=O) groups is 1. The van der Waals surface area contributed by atoms with E-state index in [0.29, 0.717) is 18.1 Å². The van der Waals surface area contributed by atoms with Crippen molar-refractivity contribution in [2.24, 2.45) is 10.9 Å². The Hall–Kier alpha value is -3.68. The SMILES string of the molecule is CC1(C)COC(c2ccc(Nc3cc(NC(=O)[C@@H]4C[C@@H]4F)nc4nc(C(F)F)[nH]c34)c(S(C)(=O)=O)c2)=N1. The fraction of sp³-hybridized carbons (Fsp3) is 0.391. The molecule has 10 nitrogen and oxygen atoms in total. The molecule has 1 aliphatic carbocycles. The predicted octanol–water partition coefficient (Wildman–Crippen LogP) is 3.89. The number of nitrogens with one attached hydrogen (secondary N) is 3. The summed E-state index contributed by atoms with van der Waals surface area (Å²) in [5.41, 5.74) is 0.186. The molecule has 14 heteroatoms. The number of fused-ring (bicyclic) bond motifs is 1. The lowest BCUT2D eigenvalue weighted by Gasteiger charge is -2.14. The minimum absolute atomic E-state index is 0.0557. The standard InChI is InChI=1S/C23H23F3N6O4S/c1-23(2)9-36-22(32-23)10-4-5-13(15(6-10)37(3,34)35)27-14-8-16(29-21(33)11-7-12(11)24)28-19-17(14)30-20(31-19)18(25)26/h4-6,8,11-12,18H,7,9H2,1-3H3,(H3,27,28,29,30,31,33)/t11-,12+/m1/s1. The number of nitrogens with zero attached hydrogens (tertiary/aromatic N) is 3. The first-order valence-corrected chi connectivity index (χ1v) is 13.2. The van der Waals surface area contributed by atoms with Gasteiger partial charge >= 0.3 is 0 Å². The van der Waals surface area contributed by atoms with Crippen LogP contribution in [0.4, 0.5) is 30.4 Å². The van der Waals surface area contributed by atoms with Gasteiger partial charge in [-0.15, -0.1) is 0 Å². The number of ether oxygens (including phenoxy) is 1. The number of alkyl halides is 3. The van der Waals surface area contributed by atoms with Crippen LogP contribution in [0.25, 0.3) is 11.2 Å². The summed E-state index contributed by atoms with van der Waals surface area (Å²) in [5.74, 6) is -1.81. The van der Waals surface area contributed by atoms with Gasteiger partial charge in [0, 0.05) is 17.9 Å². The molecule has 196 valence electrons. The van der Waals surface area contributed by atoms with Crippen LogP contribution in [0.15, 0.2) is 34.2 Å². The molecule has 1 aromatic carbocycles. The number of H-pyrrole nitrogens is 1. The molecule has 1 aliphatic heterocycles. The first-order chi connectivity index (χ1) is 17.3. The monoisotopic (exact) mass is 536 g/mol. The van der Waals surface area contributed by atoms with E-state index >= 15 is 0 Å². The molecule has 2 atom stereocenters. The van der Waals surface area contributed by atoms with Gasteiger partial charge in [0.25, 0.3) is 6.43 Å². The Kier molecular flexibility index (Phi) is 5.89. The highest BCUT2D eigenvalue weighted by Crippen LogP contribution is 2.36. The molecular formula is C23H23F3N6O4S. The average molecular weight is 537 g/mol. The number of carbonyl (C=O) groups excluding carboxylic acids is 1. The molecule has 37 heavy (non-hydrogen) atoms. The second-order valence-corrected chi connectivity index (χ2v) is 11.6. The number of rotatable bonds is 7. The van der Waals surface area contributed by atoms with Gasteiger partial charge in [-0.2, -0.15) is 0 Å². The second kappa shape index (κ2) is 8.71. The van der Waals surface area contributed by atoms with Gasteiger partial charge in [-0.05, 0) is 38.5 Å². The van der Waals surface area contributed by atoms with Gasteiger partial charge in [0.15, 0.2) is 21.3 Å². The highest BCUT2D eigenvalue weighted by Gasteiger charge is 2.43. The smallest absolute Gasteiger partial charge is 0.295 e. The van der Waals surface area contributed by atoms with Gasteiger partial charge in [-0.25, -0.2) is 36.5 Å². The van der Waals surface area contributed by atoms with E-state index in [1.807, 2.05) is 13.8 Å². The lowest BCUT2D eigenvalue weighted by Crippen LogP contribution is -2.17. The summed E-state index contributed by atoms with van der Waals surface area (Å²) in [6, 6.07) is 5.85. The zero-order valence-electron chi connectivity index (χ0n) is 20.0. The molecule has 3 N–H and O–H groups in total. The number of hydrogen-bond acceptors (Lipinski definition) is 8. The largest absolute Gasteiger partial charge is 0.475 e. The van der Waals surface area contributed by atoms with Crippen LogP contribution in [-0.2, 0) is 19.4 Å². The van der Waals surface area contributed by atoms with Crippen molar-refractivity contribution >= 4 is 50.0 Å². The molecular weight excluding hydrogens is 513 g/mol. The summed E-state index contributed by atoms with van der Waals surface area (Å²) in [6.07, 6.45) is -3.05. The Morgan fingerprint density at radius 2 is 1.95 bits per heavy atom. The van der Waals surface area contributed by atoms with E-state index in [1.165, 1.54) is 18.2 Å².